The zero-order chi connectivity index (χ0) is 15.7. The van der Waals surface area contributed by atoms with E-state index < -0.39 is 0 Å². The molecule has 0 aliphatic heterocycles. The third-order valence-corrected chi connectivity index (χ3v) is 2.95. The van der Waals surface area contributed by atoms with Crippen LogP contribution in [-0.2, 0) is 6.54 Å². The molecule has 3 rings (SSSR count). The third kappa shape index (κ3) is 4.57. The van der Waals surface area contributed by atoms with Gasteiger partial charge in [-0.1, -0.05) is 60.7 Å². The van der Waals surface area contributed by atoms with E-state index in [9.17, 15) is 0 Å². The first-order valence-electron chi connectivity index (χ1n) is 7.09. The van der Waals surface area contributed by atoms with Gasteiger partial charge in [-0.25, -0.2) is 5.43 Å². The number of hydrazone groups is 1. The lowest BCUT2D eigenvalue weighted by Crippen LogP contribution is -2.08. The second-order valence-corrected chi connectivity index (χ2v) is 4.67. The standard InChI is InChI=1S/C16H15N7/c1-3-7-13(8-4-1)11-17-15-20-22-16(23-21-15)19-18-12-14-9-5-2-6-10-14/h1-10,12H,11H2,(H,17,20,21)(H,19,22,23). The van der Waals surface area contributed by atoms with Crippen LogP contribution in [0.25, 0.3) is 0 Å². The Morgan fingerprint density at radius 3 is 2.09 bits per heavy atom. The van der Waals surface area contributed by atoms with Crippen molar-refractivity contribution in [3.63, 3.8) is 0 Å². The molecule has 2 N–H and O–H groups in total. The number of nitrogens with zero attached hydrogens (tertiary/aromatic N) is 5. The molecule has 0 amide bonds. The molecule has 0 saturated heterocycles. The topological polar surface area (TPSA) is 88.0 Å². The monoisotopic (exact) mass is 305 g/mol. The Hall–Kier alpha value is -3.35. The highest BCUT2D eigenvalue weighted by atomic mass is 15.4. The second-order valence-electron chi connectivity index (χ2n) is 4.67. The van der Waals surface area contributed by atoms with Crippen molar-refractivity contribution in [2.24, 2.45) is 5.10 Å². The summed E-state index contributed by atoms with van der Waals surface area (Å²) in [5, 5.41) is 22.8. The van der Waals surface area contributed by atoms with Crippen molar-refractivity contribution in [3.05, 3.63) is 71.8 Å². The van der Waals surface area contributed by atoms with Crippen LogP contribution in [-0.4, -0.2) is 26.6 Å². The summed E-state index contributed by atoms with van der Waals surface area (Å²) in [5.74, 6) is 0.605. The maximum Gasteiger partial charge on any atom is 0.282 e. The van der Waals surface area contributed by atoms with E-state index in [2.05, 4.69) is 36.2 Å². The number of benzene rings is 2. The third-order valence-electron chi connectivity index (χ3n) is 2.95. The fourth-order valence-electron chi connectivity index (χ4n) is 1.83. The van der Waals surface area contributed by atoms with E-state index in [1.807, 2.05) is 60.7 Å². The molecule has 7 heteroatoms. The summed E-state index contributed by atoms with van der Waals surface area (Å²) < 4.78 is 0. The van der Waals surface area contributed by atoms with Crippen LogP contribution in [0.2, 0.25) is 0 Å². The van der Waals surface area contributed by atoms with Crippen molar-refractivity contribution in [1.82, 2.24) is 20.4 Å². The molecule has 3 aromatic rings. The normalized spacial score (nSPS) is 10.6. The van der Waals surface area contributed by atoms with E-state index in [0.29, 0.717) is 12.5 Å². The van der Waals surface area contributed by atoms with E-state index in [4.69, 9.17) is 0 Å². The van der Waals surface area contributed by atoms with E-state index in [1.165, 1.54) is 0 Å². The molecule has 0 fully saturated rings. The zero-order valence-corrected chi connectivity index (χ0v) is 12.3. The average molecular weight is 305 g/mol. The largest absolute Gasteiger partial charge is 0.348 e. The first kappa shape index (κ1) is 14.6. The van der Waals surface area contributed by atoms with Gasteiger partial charge in [0.2, 0.25) is 0 Å². The van der Waals surface area contributed by atoms with Crippen LogP contribution >= 0.6 is 0 Å². The van der Waals surface area contributed by atoms with Gasteiger partial charge in [-0.15, -0.1) is 20.4 Å². The van der Waals surface area contributed by atoms with Gasteiger partial charge in [-0.05, 0) is 11.1 Å². The predicted octanol–water partition coefficient (Wildman–Crippen LogP) is 2.32. The van der Waals surface area contributed by atoms with Crippen molar-refractivity contribution in [1.29, 1.82) is 0 Å². The highest BCUT2D eigenvalue weighted by Gasteiger charge is 2.00. The zero-order valence-electron chi connectivity index (χ0n) is 12.3. The van der Waals surface area contributed by atoms with Crippen molar-refractivity contribution in [2.75, 3.05) is 10.7 Å². The molecule has 0 unspecified atom stereocenters. The Kier molecular flexibility index (Phi) is 4.82. The minimum atomic E-state index is 0.238. The molecule has 0 bridgehead atoms. The van der Waals surface area contributed by atoms with Crippen LogP contribution in [0, 0.1) is 0 Å². The Labute approximate surface area is 133 Å². The maximum absolute atomic E-state index is 4.03. The lowest BCUT2D eigenvalue weighted by molar-refractivity contribution is 0.850. The lowest BCUT2D eigenvalue weighted by Gasteiger charge is -2.03. The summed E-state index contributed by atoms with van der Waals surface area (Å²) >= 11 is 0. The van der Waals surface area contributed by atoms with Gasteiger partial charge in [0.05, 0.1) is 6.21 Å². The Bertz CT molecular complexity index is 742. The van der Waals surface area contributed by atoms with Crippen LogP contribution in [0.15, 0.2) is 65.8 Å². The molecule has 0 aliphatic rings. The van der Waals surface area contributed by atoms with Crippen LogP contribution < -0.4 is 10.7 Å². The molecular formula is C16H15N7. The average Bonchev–Trinajstić information content (AvgIpc) is 2.63. The van der Waals surface area contributed by atoms with E-state index in [0.717, 1.165) is 11.1 Å². The molecule has 1 heterocycles. The Balaban J connectivity index is 1.52. The summed E-state index contributed by atoms with van der Waals surface area (Å²) in [6, 6.07) is 19.7. The number of hydrogen-bond acceptors (Lipinski definition) is 7. The minimum absolute atomic E-state index is 0.238. The molecule has 2 aromatic carbocycles. The molecule has 0 aliphatic carbocycles. The molecule has 7 nitrogen and oxygen atoms in total. The summed E-state index contributed by atoms with van der Waals surface area (Å²) in [6.07, 6.45) is 1.67. The fraction of sp³-hybridized carbons (Fsp3) is 0.0625. The van der Waals surface area contributed by atoms with Crippen LogP contribution in [0.4, 0.5) is 11.9 Å². The van der Waals surface area contributed by atoms with Gasteiger partial charge >= 0.3 is 0 Å². The summed E-state index contributed by atoms with van der Waals surface area (Å²) in [5.41, 5.74) is 4.79. The van der Waals surface area contributed by atoms with Gasteiger partial charge in [0.25, 0.3) is 11.9 Å². The fourth-order valence-corrected chi connectivity index (χ4v) is 1.83. The quantitative estimate of drug-likeness (QED) is 0.537. The van der Waals surface area contributed by atoms with Gasteiger partial charge in [-0.2, -0.15) is 5.10 Å². The van der Waals surface area contributed by atoms with E-state index >= 15 is 0 Å². The number of nitrogens with one attached hydrogen (secondary N) is 2. The molecular weight excluding hydrogens is 290 g/mol. The predicted molar refractivity (Wildman–Crippen MR) is 89.0 cm³/mol. The van der Waals surface area contributed by atoms with Gasteiger partial charge in [0.1, 0.15) is 0 Å². The van der Waals surface area contributed by atoms with Crippen LogP contribution in [0.3, 0.4) is 0 Å². The molecule has 0 atom stereocenters. The van der Waals surface area contributed by atoms with Gasteiger partial charge < -0.3 is 5.32 Å². The first-order chi connectivity index (χ1) is 11.4. The molecule has 114 valence electrons. The van der Waals surface area contributed by atoms with Gasteiger partial charge in [0.15, 0.2) is 0 Å². The van der Waals surface area contributed by atoms with Crippen LogP contribution in [0.1, 0.15) is 11.1 Å². The minimum Gasteiger partial charge on any atom is -0.348 e. The smallest absolute Gasteiger partial charge is 0.282 e. The highest BCUT2D eigenvalue weighted by Crippen LogP contribution is 2.02. The molecule has 0 radical (unpaired) electrons. The van der Waals surface area contributed by atoms with Gasteiger partial charge in [-0.3, -0.25) is 0 Å². The number of anilines is 2. The first-order valence-corrected chi connectivity index (χ1v) is 7.09. The Morgan fingerprint density at radius 1 is 0.783 bits per heavy atom. The van der Waals surface area contributed by atoms with Gasteiger partial charge in [0, 0.05) is 6.54 Å². The number of hydrogen-bond donors (Lipinski definition) is 2. The highest BCUT2D eigenvalue weighted by molar-refractivity contribution is 5.79. The Morgan fingerprint density at radius 2 is 1.39 bits per heavy atom. The lowest BCUT2D eigenvalue weighted by atomic mass is 10.2. The molecule has 23 heavy (non-hydrogen) atoms. The molecule has 1 aromatic heterocycles. The SMILES string of the molecule is C(=NNc1nnc(NCc2ccccc2)nn1)c1ccccc1. The van der Waals surface area contributed by atoms with E-state index in [-0.39, 0.29) is 5.95 Å². The second kappa shape index (κ2) is 7.60. The summed E-state index contributed by atoms with van der Waals surface area (Å²) in [6.45, 7) is 0.614. The molecule has 0 saturated carbocycles. The maximum atomic E-state index is 4.03. The van der Waals surface area contributed by atoms with Crippen LogP contribution in [0.5, 0.6) is 0 Å². The van der Waals surface area contributed by atoms with E-state index in [1.54, 1.807) is 6.21 Å². The van der Waals surface area contributed by atoms with Crippen molar-refractivity contribution in [3.8, 4) is 0 Å². The number of aromatic nitrogens is 4. The number of rotatable bonds is 6. The molecule has 0 spiro atoms. The summed E-state index contributed by atoms with van der Waals surface area (Å²) in [4.78, 5) is 0. The summed E-state index contributed by atoms with van der Waals surface area (Å²) in [7, 11) is 0. The van der Waals surface area contributed by atoms with Crippen molar-refractivity contribution < 1.29 is 0 Å². The van der Waals surface area contributed by atoms with Crippen molar-refractivity contribution in [2.45, 2.75) is 6.54 Å². The van der Waals surface area contributed by atoms with Crippen molar-refractivity contribution >= 4 is 18.1 Å².